The zero-order chi connectivity index (χ0) is 22.4. The summed E-state index contributed by atoms with van der Waals surface area (Å²) in [5, 5.41) is 15.5. The number of carbonyl (C=O) groups is 3. The number of para-hydroxylation sites is 1. The molecular weight excluding hydrogens is 394 g/mol. The van der Waals surface area contributed by atoms with Crippen molar-refractivity contribution in [3.8, 4) is 5.75 Å². The molecule has 9 heteroatoms. The lowest BCUT2D eigenvalue weighted by atomic mass is 10.0. The van der Waals surface area contributed by atoms with Crippen molar-refractivity contribution in [2.75, 3.05) is 12.8 Å². The number of aromatic hydroxyl groups is 1. The van der Waals surface area contributed by atoms with Gasteiger partial charge in [0.2, 0.25) is 11.8 Å². The molecule has 0 heterocycles. The topological polar surface area (TPSA) is 108 Å². The summed E-state index contributed by atoms with van der Waals surface area (Å²) in [5.74, 6) is -1.11. The third-order valence-corrected chi connectivity index (χ3v) is 4.18. The molecule has 0 bridgehead atoms. The Bertz CT molecular complexity index is 733. The summed E-state index contributed by atoms with van der Waals surface area (Å²) < 4.78 is 5.19. The zero-order valence-corrected chi connectivity index (χ0v) is 18.6. The minimum absolute atomic E-state index is 0.00169. The van der Waals surface area contributed by atoms with Crippen LogP contribution in [0.4, 0.5) is 4.79 Å². The van der Waals surface area contributed by atoms with Gasteiger partial charge < -0.3 is 25.4 Å². The summed E-state index contributed by atoms with van der Waals surface area (Å²) in [5.41, 5.74) is -0.452. The van der Waals surface area contributed by atoms with Gasteiger partial charge in [-0.3, -0.25) is 9.59 Å². The molecule has 162 valence electrons. The Kier molecular flexibility index (Phi) is 8.81. The summed E-state index contributed by atoms with van der Waals surface area (Å²) in [6, 6.07) is 4.03. The van der Waals surface area contributed by atoms with E-state index in [1.54, 1.807) is 52.8 Å². The van der Waals surface area contributed by atoms with Crippen LogP contribution in [0.1, 0.15) is 46.2 Å². The number of carbonyl (C=O) groups excluding carboxylic acids is 3. The molecule has 8 nitrogen and oxygen atoms in total. The highest BCUT2D eigenvalue weighted by atomic mass is 32.1. The van der Waals surface area contributed by atoms with Gasteiger partial charge >= 0.3 is 6.09 Å². The first-order valence-corrected chi connectivity index (χ1v) is 9.96. The van der Waals surface area contributed by atoms with E-state index in [-0.39, 0.29) is 23.1 Å². The van der Waals surface area contributed by atoms with Gasteiger partial charge in [-0.25, -0.2) is 4.79 Å². The Hall–Kier alpha value is -2.42. The Balaban J connectivity index is 3.14. The van der Waals surface area contributed by atoms with Gasteiger partial charge in [0.15, 0.2) is 0 Å². The van der Waals surface area contributed by atoms with E-state index in [2.05, 4.69) is 23.3 Å². The molecule has 0 aliphatic rings. The lowest BCUT2D eigenvalue weighted by Crippen LogP contribution is -2.53. The fourth-order valence-corrected chi connectivity index (χ4v) is 2.86. The first-order valence-electron chi connectivity index (χ1n) is 9.32. The maximum Gasteiger partial charge on any atom is 0.408 e. The maximum absolute atomic E-state index is 13.0. The lowest BCUT2D eigenvalue weighted by Gasteiger charge is -2.31. The maximum atomic E-state index is 13.0. The smallest absolute Gasteiger partial charge is 0.408 e. The van der Waals surface area contributed by atoms with Gasteiger partial charge in [-0.2, -0.15) is 12.6 Å². The molecule has 29 heavy (non-hydrogen) atoms. The van der Waals surface area contributed by atoms with Crippen molar-refractivity contribution in [2.24, 2.45) is 0 Å². The largest absolute Gasteiger partial charge is 0.508 e. The third-order valence-electron chi connectivity index (χ3n) is 3.82. The van der Waals surface area contributed by atoms with Crippen LogP contribution < -0.4 is 10.6 Å². The SMILES string of the molecule is CC(C)NC(=O)C(c1ccccc1O)N(C)C(=O)C(CS)NC(=O)OC(C)(C)C. The summed E-state index contributed by atoms with van der Waals surface area (Å²) >= 11 is 4.15. The second-order valence-corrected chi connectivity index (χ2v) is 8.32. The Morgan fingerprint density at radius 2 is 1.76 bits per heavy atom. The van der Waals surface area contributed by atoms with E-state index in [9.17, 15) is 19.5 Å². The first-order chi connectivity index (χ1) is 13.4. The molecule has 0 aliphatic heterocycles. The minimum atomic E-state index is -1.09. The number of hydrogen-bond acceptors (Lipinski definition) is 6. The van der Waals surface area contributed by atoms with Crippen molar-refractivity contribution in [3.63, 3.8) is 0 Å². The highest BCUT2D eigenvalue weighted by Gasteiger charge is 2.34. The van der Waals surface area contributed by atoms with Gasteiger partial charge in [0.25, 0.3) is 0 Å². The van der Waals surface area contributed by atoms with Crippen molar-refractivity contribution in [1.29, 1.82) is 0 Å². The molecule has 0 saturated carbocycles. The van der Waals surface area contributed by atoms with E-state index in [1.807, 2.05) is 0 Å². The van der Waals surface area contributed by atoms with Crippen LogP contribution in [-0.4, -0.2) is 58.4 Å². The number of amides is 3. The van der Waals surface area contributed by atoms with E-state index in [0.29, 0.717) is 0 Å². The summed E-state index contributed by atoms with van der Waals surface area (Å²) in [6.45, 7) is 8.71. The molecule has 0 fully saturated rings. The molecule has 2 unspecified atom stereocenters. The number of phenolic OH excluding ortho intramolecular Hbond substituents is 1. The van der Waals surface area contributed by atoms with E-state index < -0.39 is 35.6 Å². The Morgan fingerprint density at radius 1 is 1.17 bits per heavy atom. The number of rotatable bonds is 7. The van der Waals surface area contributed by atoms with E-state index in [4.69, 9.17) is 4.74 Å². The fraction of sp³-hybridized carbons (Fsp3) is 0.550. The molecule has 3 N–H and O–H groups in total. The van der Waals surface area contributed by atoms with Gasteiger partial charge in [-0.1, -0.05) is 18.2 Å². The second-order valence-electron chi connectivity index (χ2n) is 7.96. The van der Waals surface area contributed by atoms with Gasteiger partial charge in [0.05, 0.1) is 0 Å². The lowest BCUT2D eigenvalue weighted by molar-refractivity contribution is -0.140. The molecule has 0 spiro atoms. The highest BCUT2D eigenvalue weighted by Crippen LogP contribution is 2.28. The molecule has 3 amide bonds. The average Bonchev–Trinajstić information content (AvgIpc) is 2.58. The van der Waals surface area contributed by atoms with Crippen LogP contribution >= 0.6 is 12.6 Å². The monoisotopic (exact) mass is 425 g/mol. The zero-order valence-electron chi connectivity index (χ0n) is 17.7. The number of alkyl carbamates (subject to hydrolysis) is 1. The molecule has 0 aromatic heterocycles. The van der Waals surface area contributed by atoms with Crippen LogP contribution in [0, 0.1) is 0 Å². The number of likely N-dealkylation sites (N-methyl/N-ethyl adjacent to an activating group) is 1. The number of phenols is 1. The number of nitrogens with one attached hydrogen (secondary N) is 2. The number of ether oxygens (including phenoxy) is 1. The molecular formula is C20H31N3O5S. The van der Waals surface area contributed by atoms with Crippen molar-refractivity contribution >= 4 is 30.5 Å². The van der Waals surface area contributed by atoms with Gasteiger partial charge in [0.1, 0.15) is 23.4 Å². The predicted molar refractivity (Wildman–Crippen MR) is 114 cm³/mol. The van der Waals surface area contributed by atoms with Crippen LogP contribution in [0.15, 0.2) is 24.3 Å². The standard InChI is InChI=1S/C20H31N3O5S/c1-12(2)21-17(25)16(13-9-7-8-10-15(13)24)23(6)18(26)14(11-29)22-19(27)28-20(3,4)5/h7-10,12,14,16,24,29H,11H2,1-6H3,(H,21,25)(H,22,27). The Morgan fingerprint density at radius 3 is 2.24 bits per heavy atom. The highest BCUT2D eigenvalue weighted by molar-refractivity contribution is 7.80. The van der Waals surface area contributed by atoms with E-state index in [1.165, 1.54) is 18.0 Å². The molecule has 0 radical (unpaired) electrons. The van der Waals surface area contributed by atoms with Gasteiger partial charge in [-0.15, -0.1) is 0 Å². The van der Waals surface area contributed by atoms with Gasteiger partial charge in [-0.05, 0) is 40.7 Å². The summed E-state index contributed by atoms with van der Waals surface area (Å²) in [4.78, 5) is 39.1. The number of hydrogen-bond donors (Lipinski definition) is 4. The first kappa shape index (κ1) is 24.6. The van der Waals surface area contributed by atoms with Crippen LogP contribution in [-0.2, 0) is 14.3 Å². The third kappa shape index (κ3) is 7.49. The van der Waals surface area contributed by atoms with Crippen LogP contribution in [0.5, 0.6) is 5.75 Å². The normalized spacial score (nSPS) is 13.4. The molecule has 0 aliphatic carbocycles. The molecule has 2 atom stereocenters. The van der Waals surface area contributed by atoms with Gasteiger partial charge in [0, 0.05) is 24.4 Å². The Labute approximate surface area is 177 Å². The molecule has 1 aromatic carbocycles. The van der Waals surface area contributed by atoms with E-state index in [0.717, 1.165) is 0 Å². The second kappa shape index (κ2) is 10.4. The van der Waals surface area contributed by atoms with Crippen LogP contribution in [0.3, 0.4) is 0 Å². The number of benzene rings is 1. The fourth-order valence-electron chi connectivity index (χ4n) is 2.62. The van der Waals surface area contributed by atoms with E-state index >= 15 is 0 Å². The van der Waals surface area contributed by atoms with Crippen LogP contribution in [0.2, 0.25) is 0 Å². The molecule has 1 rings (SSSR count). The molecule has 0 saturated heterocycles. The van der Waals surface area contributed by atoms with Crippen molar-refractivity contribution in [3.05, 3.63) is 29.8 Å². The average molecular weight is 426 g/mol. The summed E-state index contributed by atoms with van der Waals surface area (Å²) in [7, 11) is 1.44. The quantitative estimate of drug-likeness (QED) is 0.501. The minimum Gasteiger partial charge on any atom is -0.508 e. The number of nitrogens with zero attached hydrogens (tertiary/aromatic N) is 1. The number of thiol groups is 1. The van der Waals surface area contributed by atoms with Crippen molar-refractivity contribution in [2.45, 2.75) is 58.3 Å². The van der Waals surface area contributed by atoms with Crippen molar-refractivity contribution < 1.29 is 24.2 Å². The van der Waals surface area contributed by atoms with Crippen molar-refractivity contribution in [1.82, 2.24) is 15.5 Å². The molecule has 1 aromatic rings. The van der Waals surface area contributed by atoms with Crippen LogP contribution in [0.25, 0.3) is 0 Å². The summed E-state index contributed by atoms with van der Waals surface area (Å²) in [6.07, 6.45) is -0.760. The predicted octanol–water partition coefficient (Wildman–Crippen LogP) is 2.24.